The Labute approximate surface area is 117 Å². The number of thioether (sulfide) groups is 1. The van der Waals surface area contributed by atoms with E-state index in [0.29, 0.717) is 23.7 Å². The number of aliphatic hydroxyl groups is 1. The van der Waals surface area contributed by atoms with Gasteiger partial charge in [0.15, 0.2) is 0 Å². The van der Waals surface area contributed by atoms with Crippen molar-refractivity contribution in [1.82, 2.24) is 4.90 Å². The lowest BCUT2D eigenvalue weighted by molar-refractivity contribution is -0.130. The smallest absolute Gasteiger partial charge is 0.223 e. The standard InChI is InChI=1S/C13H18ClNO2S/c1-10(16)9-15(2)13(17)7-8-18-12-6-4-3-5-11(12)14/h3-6,10,16H,7-9H2,1-2H3. The summed E-state index contributed by atoms with van der Waals surface area (Å²) in [5.74, 6) is 0.725. The summed E-state index contributed by atoms with van der Waals surface area (Å²) in [5.41, 5.74) is 0. The van der Waals surface area contributed by atoms with Gasteiger partial charge in [-0.05, 0) is 19.1 Å². The van der Waals surface area contributed by atoms with Crippen molar-refractivity contribution in [3.05, 3.63) is 29.3 Å². The molecule has 3 nitrogen and oxygen atoms in total. The van der Waals surface area contributed by atoms with Gasteiger partial charge >= 0.3 is 0 Å². The van der Waals surface area contributed by atoms with E-state index in [0.717, 1.165) is 4.90 Å². The maximum Gasteiger partial charge on any atom is 0.223 e. The predicted octanol–water partition coefficient (Wildman–Crippen LogP) is 2.66. The molecule has 1 N–H and O–H groups in total. The number of rotatable bonds is 6. The van der Waals surface area contributed by atoms with Crippen LogP contribution >= 0.6 is 23.4 Å². The predicted molar refractivity (Wildman–Crippen MR) is 76.1 cm³/mol. The van der Waals surface area contributed by atoms with E-state index in [-0.39, 0.29) is 5.91 Å². The Morgan fingerprint density at radius 2 is 2.17 bits per heavy atom. The maximum absolute atomic E-state index is 11.7. The van der Waals surface area contributed by atoms with Gasteiger partial charge in [-0.25, -0.2) is 0 Å². The zero-order valence-corrected chi connectivity index (χ0v) is 12.2. The molecule has 0 bridgehead atoms. The number of benzene rings is 1. The van der Waals surface area contributed by atoms with E-state index in [1.807, 2.05) is 24.3 Å². The Morgan fingerprint density at radius 1 is 1.50 bits per heavy atom. The third-order valence-electron chi connectivity index (χ3n) is 2.37. The lowest BCUT2D eigenvalue weighted by atomic mass is 10.3. The molecule has 0 saturated carbocycles. The van der Waals surface area contributed by atoms with Crippen LogP contribution in [0.4, 0.5) is 0 Å². The number of carbonyl (C=O) groups is 1. The molecule has 0 fully saturated rings. The Balaban J connectivity index is 2.34. The second-order valence-electron chi connectivity index (χ2n) is 4.15. The van der Waals surface area contributed by atoms with Crippen LogP contribution in [0.25, 0.3) is 0 Å². The molecule has 18 heavy (non-hydrogen) atoms. The summed E-state index contributed by atoms with van der Waals surface area (Å²) in [6.45, 7) is 2.04. The number of likely N-dealkylation sites (N-methyl/N-ethyl adjacent to an activating group) is 1. The highest BCUT2D eigenvalue weighted by Crippen LogP contribution is 2.26. The van der Waals surface area contributed by atoms with E-state index in [2.05, 4.69) is 0 Å². The van der Waals surface area contributed by atoms with Crippen LogP contribution in [0, 0.1) is 0 Å². The minimum atomic E-state index is -0.491. The Kier molecular flexibility index (Phi) is 6.54. The molecule has 0 saturated heterocycles. The topological polar surface area (TPSA) is 40.5 Å². The summed E-state index contributed by atoms with van der Waals surface area (Å²) >= 11 is 7.59. The van der Waals surface area contributed by atoms with Gasteiger partial charge in [-0.3, -0.25) is 4.79 Å². The molecule has 1 amide bonds. The first kappa shape index (κ1) is 15.3. The Hall–Kier alpha value is -0.710. The number of carbonyl (C=O) groups excluding carboxylic acids is 1. The van der Waals surface area contributed by atoms with Gasteiger partial charge in [0.1, 0.15) is 0 Å². The first-order valence-electron chi connectivity index (χ1n) is 5.80. The van der Waals surface area contributed by atoms with Crippen molar-refractivity contribution in [3.63, 3.8) is 0 Å². The van der Waals surface area contributed by atoms with E-state index >= 15 is 0 Å². The molecule has 1 aromatic carbocycles. The molecule has 5 heteroatoms. The number of aliphatic hydroxyl groups excluding tert-OH is 1. The summed E-state index contributed by atoms with van der Waals surface area (Å²) in [6.07, 6.45) is -0.0470. The van der Waals surface area contributed by atoms with Crippen LogP contribution in [-0.2, 0) is 4.79 Å². The minimum Gasteiger partial charge on any atom is -0.392 e. The van der Waals surface area contributed by atoms with Gasteiger partial charge in [-0.1, -0.05) is 23.7 Å². The van der Waals surface area contributed by atoms with Crippen LogP contribution in [0.5, 0.6) is 0 Å². The molecule has 100 valence electrons. The quantitative estimate of drug-likeness (QED) is 0.818. The van der Waals surface area contributed by atoms with Gasteiger partial charge in [0.2, 0.25) is 5.91 Å². The van der Waals surface area contributed by atoms with Crippen molar-refractivity contribution in [1.29, 1.82) is 0 Å². The maximum atomic E-state index is 11.7. The number of hydrogen-bond donors (Lipinski definition) is 1. The van der Waals surface area contributed by atoms with Crippen molar-refractivity contribution in [3.8, 4) is 0 Å². The molecule has 1 unspecified atom stereocenters. The Bertz CT molecular complexity index is 398. The molecule has 0 spiro atoms. The van der Waals surface area contributed by atoms with Gasteiger partial charge in [-0.2, -0.15) is 0 Å². The van der Waals surface area contributed by atoms with Gasteiger partial charge < -0.3 is 10.0 Å². The monoisotopic (exact) mass is 287 g/mol. The van der Waals surface area contributed by atoms with Crippen molar-refractivity contribution in [2.24, 2.45) is 0 Å². The van der Waals surface area contributed by atoms with Gasteiger partial charge in [0, 0.05) is 30.7 Å². The highest BCUT2D eigenvalue weighted by atomic mass is 35.5. The summed E-state index contributed by atoms with van der Waals surface area (Å²) in [6, 6.07) is 7.59. The SMILES string of the molecule is CC(O)CN(C)C(=O)CCSc1ccccc1Cl. The van der Waals surface area contributed by atoms with Crippen LogP contribution in [0.15, 0.2) is 29.2 Å². The first-order chi connectivity index (χ1) is 8.50. The molecule has 0 aliphatic heterocycles. The number of amides is 1. The molecule has 1 aromatic rings. The van der Waals surface area contributed by atoms with Gasteiger partial charge in [0.05, 0.1) is 11.1 Å². The van der Waals surface area contributed by atoms with E-state index in [9.17, 15) is 9.90 Å². The van der Waals surface area contributed by atoms with Crippen molar-refractivity contribution >= 4 is 29.3 Å². The van der Waals surface area contributed by atoms with E-state index < -0.39 is 6.10 Å². The van der Waals surface area contributed by atoms with Gasteiger partial charge in [-0.15, -0.1) is 11.8 Å². The van der Waals surface area contributed by atoms with Crippen LogP contribution in [0.3, 0.4) is 0 Å². The fourth-order valence-electron chi connectivity index (χ4n) is 1.50. The minimum absolute atomic E-state index is 0.0375. The van der Waals surface area contributed by atoms with Crippen LogP contribution in [0.2, 0.25) is 5.02 Å². The molecule has 0 aromatic heterocycles. The molecule has 0 aliphatic rings. The molecule has 0 heterocycles. The fourth-order valence-corrected chi connectivity index (χ4v) is 2.68. The summed E-state index contributed by atoms with van der Waals surface area (Å²) in [4.78, 5) is 14.3. The van der Waals surface area contributed by atoms with Crippen molar-refractivity contribution in [2.75, 3.05) is 19.3 Å². The van der Waals surface area contributed by atoms with Crippen molar-refractivity contribution in [2.45, 2.75) is 24.3 Å². The van der Waals surface area contributed by atoms with Crippen molar-refractivity contribution < 1.29 is 9.90 Å². The first-order valence-corrected chi connectivity index (χ1v) is 7.16. The number of nitrogens with zero attached hydrogens (tertiary/aromatic N) is 1. The Morgan fingerprint density at radius 3 is 2.78 bits per heavy atom. The largest absolute Gasteiger partial charge is 0.392 e. The highest BCUT2D eigenvalue weighted by Gasteiger charge is 2.11. The average molecular weight is 288 g/mol. The summed E-state index contributed by atoms with van der Waals surface area (Å²) in [7, 11) is 1.70. The normalized spacial score (nSPS) is 12.2. The third-order valence-corrected chi connectivity index (χ3v) is 3.89. The second kappa shape index (κ2) is 7.67. The lowest BCUT2D eigenvalue weighted by Gasteiger charge is -2.18. The molecular formula is C13H18ClNO2S. The van der Waals surface area contributed by atoms with Crippen LogP contribution in [0.1, 0.15) is 13.3 Å². The average Bonchev–Trinajstić information content (AvgIpc) is 2.30. The zero-order chi connectivity index (χ0) is 13.5. The summed E-state index contributed by atoms with van der Waals surface area (Å²) < 4.78 is 0. The van der Waals surface area contributed by atoms with Crippen LogP contribution in [-0.4, -0.2) is 41.4 Å². The lowest BCUT2D eigenvalue weighted by Crippen LogP contribution is -2.33. The molecule has 0 aliphatic carbocycles. The molecular weight excluding hydrogens is 270 g/mol. The number of halogens is 1. The summed E-state index contributed by atoms with van der Waals surface area (Å²) in [5, 5.41) is 9.91. The zero-order valence-electron chi connectivity index (χ0n) is 10.6. The molecule has 1 rings (SSSR count). The number of hydrogen-bond acceptors (Lipinski definition) is 3. The van der Waals surface area contributed by atoms with E-state index in [1.54, 1.807) is 30.6 Å². The second-order valence-corrected chi connectivity index (χ2v) is 5.70. The highest BCUT2D eigenvalue weighted by molar-refractivity contribution is 7.99. The van der Waals surface area contributed by atoms with Gasteiger partial charge in [0.25, 0.3) is 0 Å². The molecule has 1 atom stereocenters. The molecule has 0 radical (unpaired) electrons. The third kappa shape index (κ3) is 5.29. The fraction of sp³-hybridized carbons (Fsp3) is 0.462. The van der Waals surface area contributed by atoms with E-state index in [4.69, 9.17) is 11.6 Å². The van der Waals surface area contributed by atoms with Crippen LogP contribution < -0.4 is 0 Å². The van der Waals surface area contributed by atoms with E-state index in [1.165, 1.54) is 0 Å².